The van der Waals surface area contributed by atoms with Gasteiger partial charge in [-0.2, -0.15) is 0 Å². The van der Waals surface area contributed by atoms with Crippen molar-refractivity contribution in [2.24, 2.45) is 0 Å². The third-order valence-electron chi connectivity index (χ3n) is 2.95. The van der Waals surface area contributed by atoms with Crippen molar-refractivity contribution in [3.05, 3.63) is 21.3 Å². The van der Waals surface area contributed by atoms with Crippen molar-refractivity contribution >= 4 is 28.7 Å². The Kier molecular flexibility index (Phi) is 6.17. The first-order chi connectivity index (χ1) is 8.10. The molecule has 96 valence electrons. The molecule has 1 rings (SSSR count). The van der Waals surface area contributed by atoms with E-state index in [1.54, 1.807) is 6.07 Å². The molecule has 2 nitrogen and oxygen atoms in total. The van der Waals surface area contributed by atoms with E-state index in [2.05, 4.69) is 18.7 Å². The van der Waals surface area contributed by atoms with Gasteiger partial charge in [-0.25, -0.2) is 0 Å². The van der Waals surface area contributed by atoms with Gasteiger partial charge >= 0.3 is 0 Å². The number of unbranched alkanes of at least 4 members (excludes halogenated alkanes) is 1. The van der Waals surface area contributed by atoms with Crippen LogP contribution in [0.4, 0.5) is 0 Å². The average molecular weight is 274 g/mol. The number of hydrogen-bond acceptors (Lipinski definition) is 3. The maximum atomic E-state index is 12.2. The van der Waals surface area contributed by atoms with Crippen LogP contribution in [0.5, 0.6) is 0 Å². The van der Waals surface area contributed by atoms with E-state index >= 15 is 0 Å². The van der Waals surface area contributed by atoms with Gasteiger partial charge in [0.2, 0.25) is 0 Å². The highest BCUT2D eigenvalue weighted by Gasteiger charge is 2.22. The lowest BCUT2D eigenvalue weighted by atomic mass is 10.1. The Morgan fingerprint density at radius 3 is 2.65 bits per heavy atom. The zero-order valence-electron chi connectivity index (χ0n) is 10.7. The minimum absolute atomic E-state index is 0.0544. The van der Waals surface area contributed by atoms with Crippen molar-refractivity contribution in [2.75, 3.05) is 13.1 Å². The number of rotatable bonds is 7. The number of thiophene rings is 1. The molecule has 0 aliphatic rings. The van der Waals surface area contributed by atoms with Crippen LogP contribution in [0.1, 0.15) is 43.3 Å². The van der Waals surface area contributed by atoms with Crippen LogP contribution in [0.25, 0.3) is 0 Å². The number of carbonyl (C=O) groups is 1. The molecule has 0 N–H and O–H groups in total. The van der Waals surface area contributed by atoms with E-state index in [1.807, 2.05) is 13.0 Å². The SMILES string of the molecule is CCCCN(CC)C(C)C(=O)c1ccc(Cl)s1. The van der Waals surface area contributed by atoms with Crippen LogP contribution in [-0.2, 0) is 0 Å². The molecule has 0 aliphatic heterocycles. The Hall–Kier alpha value is -0.380. The summed E-state index contributed by atoms with van der Waals surface area (Å²) in [5.74, 6) is 0.180. The lowest BCUT2D eigenvalue weighted by molar-refractivity contribution is 0.0847. The molecule has 0 spiro atoms. The van der Waals surface area contributed by atoms with Crippen molar-refractivity contribution in [1.29, 1.82) is 0 Å². The average Bonchev–Trinajstić information content (AvgIpc) is 2.75. The number of ketones is 1. The van der Waals surface area contributed by atoms with Gasteiger partial charge in [0, 0.05) is 0 Å². The van der Waals surface area contributed by atoms with E-state index in [4.69, 9.17) is 11.6 Å². The Labute approximate surface area is 113 Å². The van der Waals surface area contributed by atoms with Crippen LogP contribution >= 0.6 is 22.9 Å². The highest BCUT2D eigenvalue weighted by Crippen LogP contribution is 2.23. The highest BCUT2D eigenvalue weighted by molar-refractivity contribution is 7.18. The first kappa shape index (κ1) is 14.7. The molecular formula is C13H20ClNOS. The smallest absolute Gasteiger partial charge is 0.189 e. The molecule has 1 aromatic heterocycles. The molecule has 0 fully saturated rings. The van der Waals surface area contributed by atoms with Crippen molar-refractivity contribution < 1.29 is 4.79 Å². The fraction of sp³-hybridized carbons (Fsp3) is 0.615. The summed E-state index contributed by atoms with van der Waals surface area (Å²) in [5, 5.41) is 0. The zero-order chi connectivity index (χ0) is 12.8. The van der Waals surface area contributed by atoms with Crippen LogP contribution in [0, 0.1) is 0 Å². The van der Waals surface area contributed by atoms with Crippen molar-refractivity contribution in [3.63, 3.8) is 0 Å². The molecule has 0 amide bonds. The predicted octanol–water partition coefficient (Wildman–Crippen LogP) is 4.09. The Morgan fingerprint density at radius 1 is 1.47 bits per heavy atom. The summed E-state index contributed by atoms with van der Waals surface area (Å²) in [6, 6.07) is 3.55. The molecule has 0 aliphatic carbocycles. The van der Waals surface area contributed by atoms with Gasteiger partial charge in [-0.05, 0) is 38.6 Å². The summed E-state index contributed by atoms with van der Waals surface area (Å²) in [6.45, 7) is 8.14. The highest BCUT2D eigenvalue weighted by atomic mass is 35.5. The largest absolute Gasteiger partial charge is 0.294 e. The van der Waals surface area contributed by atoms with Gasteiger partial charge in [0.15, 0.2) is 5.78 Å². The van der Waals surface area contributed by atoms with E-state index < -0.39 is 0 Å². The summed E-state index contributed by atoms with van der Waals surface area (Å²) in [6.07, 6.45) is 2.29. The minimum Gasteiger partial charge on any atom is -0.294 e. The summed E-state index contributed by atoms with van der Waals surface area (Å²) in [7, 11) is 0. The van der Waals surface area contributed by atoms with Gasteiger partial charge in [0.25, 0.3) is 0 Å². The second kappa shape index (κ2) is 7.14. The van der Waals surface area contributed by atoms with Crippen LogP contribution in [0.3, 0.4) is 0 Å². The first-order valence-corrected chi connectivity index (χ1v) is 7.33. The summed E-state index contributed by atoms with van der Waals surface area (Å²) in [4.78, 5) is 15.2. The van der Waals surface area contributed by atoms with Gasteiger partial charge in [0.05, 0.1) is 15.3 Å². The number of halogens is 1. The van der Waals surface area contributed by atoms with Gasteiger partial charge in [0.1, 0.15) is 0 Å². The minimum atomic E-state index is -0.0544. The van der Waals surface area contributed by atoms with Gasteiger partial charge in [-0.15, -0.1) is 11.3 Å². The molecular weight excluding hydrogens is 254 g/mol. The molecule has 17 heavy (non-hydrogen) atoms. The Morgan fingerprint density at radius 2 is 2.18 bits per heavy atom. The Balaban J connectivity index is 2.66. The molecule has 4 heteroatoms. The van der Waals surface area contributed by atoms with E-state index in [0.717, 1.165) is 30.8 Å². The standard InChI is InChI=1S/C13H20ClNOS/c1-4-6-9-15(5-2)10(3)13(16)11-7-8-12(14)17-11/h7-8,10H,4-6,9H2,1-3H3. The third-order valence-corrected chi connectivity index (χ3v) is 4.19. The summed E-state index contributed by atoms with van der Waals surface area (Å²) in [5.41, 5.74) is 0. The van der Waals surface area contributed by atoms with Crippen molar-refractivity contribution in [3.8, 4) is 0 Å². The van der Waals surface area contributed by atoms with Crippen LogP contribution in [-0.4, -0.2) is 29.8 Å². The number of hydrogen-bond donors (Lipinski definition) is 0. The maximum Gasteiger partial charge on any atom is 0.189 e. The fourth-order valence-electron chi connectivity index (χ4n) is 1.81. The second-order valence-electron chi connectivity index (χ2n) is 4.13. The van der Waals surface area contributed by atoms with Gasteiger partial charge < -0.3 is 0 Å². The summed E-state index contributed by atoms with van der Waals surface area (Å²) >= 11 is 7.22. The first-order valence-electron chi connectivity index (χ1n) is 6.13. The number of carbonyl (C=O) groups excluding carboxylic acids is 1. The molecule has 0 bridgehead atoms. The van der Waals surface area contributed by atoms with E-state index in [-0.39, 0.29) is 11.8 Å². The monoisotopic (exact) mass is 273 g/mol. The van der Waals surface area contributed by atoms with E-state index in [9.17, 15) is 4.79 Å². The summed E-state index contributed by atoms with van der Waals surface area (Å²) < 4.78 is 0.678. The van der Waals surface area contributed by atoms with E-state index in [1.165, 1.54) is 11.3 Å². The van der Waals surface area contributed by atoms with Crippen LogP contribution in [0.15, 0.2) is 12.1 Å². The lowest BCUT2D eigenvalue weighted by Gasteiger charge is -2.26. The lowest BCUT2D eigenvalue weighted by Crippen LogP contribution is -2.39. The van der Waals surface area contributed by atoms with Crippen molar-refractivity contribution in [2.45, 2.75) is 39.7 Å². The maximum absolute atomic E-state index is 12.2. The molecule has 0 saturated carbocycles. The quantitative estimate of drug-likeness (QED) is 0.697. The number of Topliss-reactive ketones (excluding diaryl/α,β-unsaturated/α-hetero) is 1. The number of nitrogens with zero attached hydrogens (tertiary/aromatic N) is 1. The molecule has 1 unspecified atom stereocenters. The van der Waals surface area contributed by atoms with Crippen LogP contribution in [0.2, 0.25) is 4.34 Å². The van der Waals surface area contributed by atoms with E-state index in [0.29, 0.717) is 4.34 Å². The molecule has 0 saturated heterocycles. The van der Waals surface area contributed by atoms with Gasteiger partial charge in [-0.3, -0.25) is 9.69 Å². The van der Waals surface area contributed by atoms with Crippen LogP contribution < -0.4 is 0 Å². The van der Waals surface area contributed by atoms with Gasteiger partial charge in [-0.1, -0.05) is 31.9 Å². The normalized spacial score (nSPS) is 13.0. The molecule has 0 aromatic carbocycles. The molecule has 0 radical (unpaired) electrons. The molecule has 1 aromatic rings. The molecule has 1 heterocycles. The number of likely N-dealkylation sites (N-methyl/N-ethyl adjacent to an activating group) is 1. The van der Waals surface area contributed by atoms with Crippen molar-refractivity contribution in [1.82, 2.24) is 4.90 Å². The second-order valence-corrected chi connectivity index (χ2v) is 5.84. The third kappa shape index (κ3) is 4.09. The zero-order valence-corrected chi connectivity index (χ0v) is 12.3. The fourth-order valence-corrected chi connectivity index (χ4v) is 2.87. The Bertz CT molecular complexity index is 364. The topological polar surface area (TPSA) is 20.3 Å². The molecule has 1 atom stereocenters. The predicted molar refractivity (Wildman–Crippen MR) is 75.3 cm³/mol.